The van der Waals surface area contributed by atoms with E-state index in [-0.39, 0.29) is 0 Å². The van der Waals surface area contributed by atoms with Crippen molar-refractivity contribution >= 4 is 0 Å². The van der Waals surface area contributed by atoms with E-state index in [0.29, 0.717) is 5.41 Å². The Bertz CT molecular complexity index is 191. The van der Waals surface area contributed by atoms with Crippen molar-refractivity contribution in [2.45, 2.75) is 33.6 Å². The average Bonchev–Trinajstić information content (AvgIpc) is 2.32. The molecule has 0 saturated heterocycles. The van der Waals surface area contributed by atoms with Crippen LogP contribution in [0.2, 0.25) is 0 Å². The smallest absolute Gasteiger partial charge is 0.103 e. The fourth-order valence-electron chi connectivity index (χ4n) is 0.953. The molecular formula is C10H16O. The Morgan fingerprint density at radius 2 is 2.09 bits per heavy atom. The predicted molar refractivity (Wildman–Crippen MR) is 46.5 cm³/mol. The van der Waals surface area contributed by atoms with E-state index in [2.05, 4.69) is 20.8 Å². The van der Waals surface area contributed by atoms with E-state index in [1.54, 1.807) is 6.26 Å². The Hall–Kier alpha value is -0.720. The van der Waals surface area contributed by atoms with Crippen LogP contribution in [0.15, 0.2) is 22.8 Å². The van der Waals surface area contributed by atoms with Crippen LogP contribution in [-0.4, -0.2) is 0 Å². The van der Waals surface area contributed by atoms with Gasteiger partial charge < -0.3 is 4.42 Å². The molecule has 0 aliphatic rings. The van der Waals surface area contributed by atoms with Gasteiger partial charge in [0.25, 0.3) is 0 Å². The van der Waals surface area contributed by atoms with E-state index >= 15 is 0 Å². The molecule has 1 aromatic rings. The Kier molecular flexibility index (Phi) is 2.38. The minimum absolute atomic E-state index is 0.410. The van der Waals surface area contributed by atoms with Gasteiger partial charge in [0.1, 0.15) is 5.76 Å². The Labute approximate surface area is 68.4 Å². The highest BCUT2D eigenvalue weighted by Crippen LogP contribution is 2.21. The summed E-state index contributed by atoms with van der Waals surface area (Å²) in [5, 5.41) is 0. The van der Waals surface area contributed by atoms with Gasteiger partial charge >= 0.3 is 0 Å². The first-order chi connectivity index (χ1) is 5.08. The molecular weight excluding hydrogens is 136 g/mol. The summed E-state index contributed by atoms with van der Waals surface area (Å²) in [6.07, 6.45) is 3.97. The third-order valence-electron chi connectivity index (χ3n) is 1.70. The maximum atomic E-state index is 5.23. The lowest BCUT2D eigenvalue weighted by atomic mass is 9.90. The molecule has 0 atom stereocenters. The topological polar surface area (TPSA) is 13.1 Å². The summed E-state index contributed by atoms with van der Waals surface area (Å²) in [5.74, 6) is 1.10. The van der Waals surface area contributed by atoms with Crippen LogP contribution < -0.4 is 0 Å². The van der Waals surface area contributed by atoms with Gasteiger partial charge in [0.15, 0.2) is 0 Å². The third-order valence-corrected chi connectivity index (χ3v) is 1.70. The van der Waals surface area contributed by atoms with Crippen molar-refractivity contribution in [2.24, 2.45) is 5.41 Å². The molecule has 1 rings (SSSR count). The highest BCUT2D eigenvalue weighted by molar-refractivity contribution is 4.98. The van der Waals surface area contributed by atoms with E-state index in [0.717, 1.165) is 12.2 Å². The molecule has 0 N–H and O–H groups in total. The summed E-state index contributed by atoms with van der Waals surface area (Å²) in [4.78, 5) is 0. The van der Waals surface area contributed by atoms with Gasteiger partial charge in [0.05, 0.1) is 6.26 Å². The summed E-state index contributed by atoms with van der Waals surface area (Å²) in [5.41, 5.74) is 0.410. The monoisotopic (exact) mass is 152 g/mol. The van der Waals surface area contributed by atoms with Crippen LogP contribution in [0.3, 0.4) is 0 Å². The van der Waals surface area contributed by atoms with E-state index < -0.39 is 0 Å². The van der Waals surface area contributed by atoms with Crippen LogP contribution in [0.4, 0.5) is 0 Å². The van der Waals surface area contributed by atoms with E-state index in [1.165, 1.54) is 6.42 Å². The van der Waals surface area contributed by atoms with Gasteiger partial charge in [-0.2, -0.15) is 0 Å². The van der Waals surface area contributed by atoms with E-state index in [9.17, 15) is 0 Å². The number of aryl methyl sites for hydroxylation is 1. The molecule has 0 aromatic carbocycles. The first kappa shape index (κ1) is 8.38. The maximum Gasteiger partial charge on any atom is 0.103 e. The second-order valence-corrected chi connectivity index (χ2v) is 4.14. The largest absolute Gasteiger partial charge is 0.469 e. The molecule has 1 heterocycles. The second-order valence-electron chi connectivity index (χ2n) is 4.14. The Balaban J connectivity index is 2.35. The minimum Gasteiger partial charge on any atom is -0.469 e. The lowest BCUT2D eigenvalue weighted by molar-refractivity contribution is 0.359. The molecule has 1 aromatic heterocycles. The van der Waals surface area contributed by atoms with E-state index in [1.807, 2.05) is 12.1 Å². The SMILES string of the molecule is CC(C)(C)CCc1ccco1. The molecule has 0 saturated carbocycles. The standard InChI is InChI=1S/C10H16O/c1-10(2,3)7-6-9-5-4-8-11-9/h4-5,8H,6-7H2,1-3H3. The van der Waals surface area contributed by atoms with Gasteiger partial charge in [-0.25, -0.2) is 0 Å². The van der Waals surface area contributed by atoms with Crippen LogP contribution in [0, 0.1) is 5.41 Å². The minimum atomic E-state index is 0.410. The van der Waals surface area contributed by atoms with Crippen molar-refractivity contribution in [1.29, 1.82) is 0 Å². The molecule has 0 amide bonds. The van der Waals surface area contributed by atoms with Crippen LogP contribution >= 0.6 is 0 Å². The molecule has 1 nitrogen and oxygen atoms in total. The number of hydrogen-bond acceptors (Lipinski definition) is 1. The molecule has 1 heteroatoms. The normalized spacial score (nSPS) is 11.9. The highest BCUT2D eigenvalue weighted by Gasteiger charge is 2.10. The van der Waals surface area contributed by atoms with Gasteiger partial charge in [0, 0.05) is 6.42 Å². The van der Waals surface area contributed by atoms with Gasteiger partial charge in [-0.15, -0.1) is 0 Å². The quantitative estimate of drug-likeness (QED) is 0.634. The predicted octanol–water partition coefficient (Wildman–Crippen LogP) is 3.26. The van der Waals surface area contributed by atoms with Gasteiger partial charge in [-0.05, 0) is 24.0 Å². The lowest BCUT2D eigenvalue weighted by Crippen LogP contribution is -2.05. The van der Waals surface area contributed by atoms with Crippen molar-refractivity contribution in [1.82, 2.24) is 0 Å². The lowest BCUT2D eigenvalue weighted by Gasteiger charge is -2.16. The highest BCUT2D eigenvalue weighted by atomic mass is 16.3. The molecule has 62 valence electrons. The Morgan fingerprint density at radius 1 is 1.36 bits per heavy atom. The van der Waals surface area contributed by atoms with Crippen LogP contribution in [-0.2, 0) is 6.42 Å². The molecule has 0 aliphatic heterocycles. The first-order valence-corrected chi connectivity index (χ1v) is 4.10. The number of rotatable bonds is 2. The summed E-state index contributed by atoms with van der Waals surface area (Å²) in [7, 11) is 0. The van der Waals surface area contributed by atoms with Gasteiger partial charge in [-0.3, -0.25) is 0 Å². The van der Waals surface area contributed by atoms with Crippen LogP contribution in [0.25, 0.3) is 0 Å². The fourth-order valence-corrected chi connectivity index (χ4v) is 0.953. The molecule has 0 fully saturated rings. The summed E-state index contributed by atoms with van der Waals surface area (Å²) in [6.45, 7) is 6.74. The zero-order valence-electron chi connectivity index (χ0n) is 7.55. The molecule has 11 heavy (non-hydrogen) atoms. The fraction of sp³-hybridized carbons (Fsp3) is 0.600. The van der Waals surface area contributed by atoms with Gasteiger partial charge in [-0.1, -0.05) is 20.8 Å². The zero-order chi connectivity index (χ0) is 8.32. The van der Waals surface area contributed by atoms with Crippen molar-refractivity contribution in [3.63, 3.8) is 0 Å². The third kappa shape index (κ3) is 3.26. The van der Waals surface area contributed by atoms with Crippen LogP contribution in [0.1, 0.15) is 33.0 Å². The van der Waals surface area contributed by atoms with Crippen molar-refractivity contribution in [3.05, 3.63) is 24.2 Å². The maximum absolute atomic E-state index is 5.23. The zero-order valence-corrected chi connectivity index (χ0v) is 7.55. The summed E-state index contributed by atoms with van der Waals surface area (Å²) >= 11 is 0. The van der Waals surface area contributed by atoms with Crippen molar-refractivity contribution < 1.29 is 4.42 Å². The van der Waals surface area contributed by atoms with Crippen molar-refractivity contribution in [3.8, 4) is 0 Å². The van der Waals surface area contributed by atoms with Crippen molar-refractivity contribution in [2.75, 3.05) is 0 Å². The summed E-state index contributed by atoms with van der Waals surface area (Å²) in [6, 6.07) is 3.98. The second kappa shape index (κ2) is 3.12. The molecule has 0 bridgehead atoms. The molecule has 0 spiro atoms. The molecule has 0 radical (unpaired) electrons. The van der Waals surface area contributed by atoms with Crippen LogP contribution in [0.5, 0.6) is 0 Å². The number of hydrogen-bond donors (Lipinski definition) is 0. The number of furan rings is 1. The first-order valence-electron chi connectivity index (χ1n) is 4.10. The molecule has 0 unspecified atom stereocenters. The Morgan fingerprint density at radius 3 is 2.55 bits per heavy atom. The molecule has 0 aliphatic carbocycles. The van der Waals surface area contributed by atoms with E-state index in [4.69, 9.17) is 4.42 Å². The summed E-state index contributed by atoms with van der Waals surface area (Å²) < 4.78 is 5.23. The van der Waals surface area contributed by atoms with Gasteiger partial charge in [0.2, 0.25) is 0 Å². The average molecular weight is 152 g/mol.